The van der Waals surface area contributed by atoms with E-state index in [1.807, 2.05) is 11.6 Å². The first-order valence-corrected chi connectivity index (χ1v) is 8.35. The van der Waals surface area contributed by atoms with E-state index in [-0.39, 0.29) is 11.4 Å². The summed E-state index contributed by atoms with van der Waals surface area (Å²) in [6.45, 7) is 1.98. The lowest BCUT2D eigenvalue weighted by Crippen LogP contribution is -2.39. The molecule has 0 aliphatic carbocycles. The summed E-state index contributed by atoms with van der Waals surface area (Å²) in [5, 5.41) is 2.97. The maximum absolute atomic E-state index is 12.0. The first kappa shape index (κ1) is 16.3. The van der Waals surface area contributed by atoms with Gasteiger partial charge in [0, 0.05) is 11.6 Å². The number of carbonyl (C=O) groups is 1. The molecule has 0 unspecified atom stereocenters. The number of aryl methyl sites for hydroxylation is 1. The maximum Gasteiger partial charge on any atom is 0.328 e. The Balaban J connectivity index is 1.99. The fraction of sp³-hybridized carbons (Fsp3) is 0.133. The van der Waals surface area contributed by atoms with Crippen molar-refractivity contribution >= 4 is 27.7 Å². The fourth-order valence-electron chi connectivity index (χ4n) is 1.75. The molecule has 5 nitrogen and oxygen atoms in total. The zero-order valence-electron chi connectivity index (χ0n) is 11.8. The van der Waals surface area contributed by atoms with Crippen LogP contribution >= 0.6 is 11.6 Å². The Morgan fingerprint density at radius 1 is 1.09 bits per heavy atom. The summed E-state index contributed by atoms with van der Waals surface area (Å²) in [7, 11) is -3.89. The summed E-state index contributed by atoms with van der Waals surface area (Å²) < 4.78 is 26.0. The van der Waals surface area contributed by atoms with E-state index in [0.717, 1.165) is 5.56 Å². The minimum absolute atomic E-state index is 0.0333. The molecule has 22 heavy (non-hydrogen) atoms. The zero-order valence-corrected chi connectivity index (χ0v) is 13.4. The van der Waals surface area contributed by atoms with E-state index >= 15 is 0 Å². The number of sulfonamides is 1. The van der Waals surface area contributed by atoms with E-state index in [2.05, 4.69) is 5.32 Å². The van der Waals surface area contributed by atoms with E-state index in [1.54, 1.807) is 36.4 Å². The Hall–Kier alpha value is -2.05. The second kappa shape index (κ2) is 6.81. The van der Waals surface area contributed by atoms with Crippen LogP contribution < -0.4 is 10.0 Å². The van der Waals surface area contributed by atoms with Crippen molar-refractivity contribution in [3.63, 3.8) is 0 Å². The van der Waals surface area contributed by atoms with Gasteiger partial charge in [0.1, 0.15) is 0 Å². The normalized spacial score (nSPS) is 11.0. The van der Waals surface area contributed by atoms with Crippen LogP contribution in [0.1, 0.15) is 11.1 Å². The Morgan fingerprint density at radius 3 is 2.36 bits per heavy atom. The molecule has 0 aliphatic heterocycles. The number of urea groups is 1. The van der Waals surface area contributed by atoms with Crippen molar-refractivity contribution in [1.82, 2.24) is 10.0 Å². The van der Waals surface area contributed by atoms with E-state index in [4.69, 9.17) is 11.6 Å². The van der Waals surface area contributed by atoms with Crippen LogP contribution in [0.2, 0.25) is 5.02 Å². The zero-order chi connectivity index (χ0) is 16.2. The van der Waals surface area contributed by atoms with Gasteiger partial charge in [0.2, 0.25) is 0 Å². The number of benzene rings is 2. The minimum Gasteiger partial charge on any atom is -0.333 e. The molecule has 0 bridgehead atoms. The van der Waals surface area contributed by atoms with Gasteiger partial charge in [0.05, 0.1) is 4.90 Å². The molecule has 0 radical (unpaired) electrons. The van der Waals surface area contributed by atoms with E-state index in [9.17, 15) is 13.2 Å². The predicted octanol–water partition coefficient (Wildman–Crippen LogP) is 2.84. The molecule has 0 heterocycles. The van der Waals surface area contributed by atoms with Crippen LogP contribution in [0.25, 0.3) is 0 Å². The van der Waals surface area contributed by atoms with Crippen LogP contribution in [0.4, 0.5) is 4.79 Å². The van der Waals surface area contributed by atoms with Crippen LogP contribution in [-0.4, -0.2) is 14.4 Å². The van der Waals surface area contributed by atoms with Crippen LogP contribution in [0.15, 0.2) is 53.4 Å². The molecule has 2 rings (SSSR count). The smallest absolute Gasteiger partial charge is 0.328 e. The molecular weight excluding hydrogens is 324 g/mol. The quantitative estimate of drug-likeness (QED) is 0.900. The standard InChI is InChI=1S/C15H15ClN2O3S/c1-11-6-8-13(9-7-11)22(20,21)18-15(19)17-10-12-4-2-3-5-14(12)16/h2-9H,10H2,1H3,(H2,17,18,19). The lowest BCUT2D eigenvalue weighted by Gasteiger charge is -2.09. The lowest BCUT2D eigenvalue weighted by atomic mass is 10.2. The summed E-state index contributed by atoms with van der Waals surface area (Å²) in [6, 6.07) is 12.4. The highest BCUT2D eigenvalue weighted by Gasteiger charge is 2.17. The Bertz CT molecular complexity index is 774. The van der Waals surface area contributed by atoms with Gasteiger partial charge in [-0.2, -0.15) is 0 Å². The van der Waals surface area contributed by atoms with Crippen molar-refractivity contribution in [2.75, 3.05) is 0 Å². The summed E-state index contributed by atoms with van der Waals surface area (Å²) >= 11 is 5.96. The van der Waals surface area contributed by atoms with Gasteiger partial charge in [0.15, 0.2) is 0 Å². The van der Waals surface area contributed by atoms with Crippen LogP contribution in [0.5, 0.6) is 0 Å². The lowest BCUT2D eigenvalue weighted by molar-refractivity contribution is 0.245. The van der Waals surface area contributed by atoms with E-state index in [1.165, 1.54) is 12.1 Å². The molecule has 0 aromatic heterocycles. The Kier molecular flexibility index (Phi) is 5.05. The second-order valence-electron chi connectivity index (χ2n) is 4.69. The van der Waals surface area contributed by atoms with Crippen LogP contribution in [-0.2, 0) is 16.6 Å². The van der Waals surface area contributed by atoms with Gasteiger partial charge in [0.25, 0.3) is 10.0 Å². The molecule has 2 N–H and O–H groups in total. The third-order valence-corrected chi connectivity index (χ3v) is 4.67. The van der Waals surface area contributed by atoms with Gasteiger partial charge in [-0.05, 0) is 30.7 Å². The summed E-state index contributed by atoms with van der Waals surface area (Å²) in [4.78, 5) is 11.8. The third kappa shape index (κ3) is 4.22. The molecule has 0 saturated heterocycles. The van der Waals surface area contributed by atoms with Crippen molar-refractivity contribution in [3.8, 4) is 0 Å². The monoisotopic (exact) mass is 338 g/mol. The Labute approximate surface area is 134 Å². The SMILES string of the molecule is Cc1ccc(S(=O)(=O)NC(=O)NCc2ccccc2Cl)cc1. The van der Waals surface area contributed by atoms with Crippen LogP contribution in [0.3, 0.4) is 0 Å². The summed E-state index contributed by atoms with van der Waals surface area (Å²) in [5.41, 5.74) is 1.63. The number of nitrogens with one attached hydrogen (secondary N) is 2. The summed E-state index contributed by atoms with van der Waals surface area (Å²) in [5.74, 6) is 0. The fourth-order valence-corrected chi connectivity index (χ4v) is 2.88. The van der Waals surface area contributed by atoms with Crippen LogP contribution in [0, 0.1) is 6.92 Å². The molecule has 0 saturated carbocycles. The highest BCUT2D eigenvalue weighted by Crippen LogP contribution is 2.14. The molecule has 2 aromatic rings. The number of amides is 2. The Morgan fingerprint density at radius 2 is 1.73 bits per heavy atom. The third-order valence-electron chi connectivity index (χ3n) is 2.96. The minimum atomic E-state index is -3.89. The van der Waals surface area contributed by atoms with Gasteiger partial charge in [-0.25, -0.2) is 17.9 Å². The van der Waals surface area contributed by atoms with E-state index in [0.29, 0.717) is 10.6 Å². The molecule has 0 aliphatic rings. The number of halogens is 1. The molecule has 7 heteroatoms. The first-order chi connectivity index (χ1) is 10.4. The van der Waals surface area contributed by atoms with Crippen molar-refractivity contribution in [1.29, 1.82) is 0 Å². The predicted molar refractivity (Wildman–Crippen MR) is 85.2 cm³/mol. The average molecular weight is 339 g/mol. The molecular formula is C15H15ClN2O3S. The highest BCUT2D eigenvalue weighted by molar-refractivity contribution is 7.90. The van der Waals surface area contributed by atoms with Gasteiger partial charge < -0.3 is 5.32 Å². The molecule has 0 fully saturated rings. The number of rotatable bonds is 4. The molecule has 2 aromatic carbocycles. The van der Waals surface area contributed by atoms with Crippen molar-refractivity contribution in [2.45, 2.75) is 18.4 Å². The molecule has 116 valence electrons. The summed E-state index contributed by atoms with van der Waals surface area (Å²) in [6.07, 6.45) is 0. The van der Waals surface area contributed by atoms with Gasteiger partial charge in [-0.15, -0.1) is 0 Å². The largest absolute Gasteiger partial charge is 0.333 e. The molecule has 0 atom stereocenters. The van der Waals surface area contributed by atoms with Gasteiger partial charge in [-0.3, -0.25) is 0 Å². The number of hydrogen-bond acceptors (Lipinski definition) is 3. The van der Waals surface area contributed by atoms with Gasteiger partial charge in [-0.1, -0.05) is 47.5 Å². The van der Waals surface area contributed by atoms with Gasteiger partial charge >= 0.3 is 6.03 Å². The molecule has 2 amide bonds. The second-order valence-corrected chi connectivity index (χ2v) is 6.78. The molecule has 0 spiro atoms. The first-order valence-electron chi connectivity index (χ1n) is 6.49. The number of carbonyl (C=O) groups excluding carboxylic acids is 1. The maximum atomic E-state index is 12.0. The van der Waals surface area contributed by atoms with Crippen molar-refractivity contribution in [3.05, 3.63) is 64.7 Å². The number of hydrogen-bond donors (Lipinski definition) is 2. The topological polar surface area (TPSA) is 75.3 Å². The van der Waals surface area contributed by atoms with Crippen molar-refractivity contribution in [2.24, 2.45) is 0 Å². The average Bonchev–Trinajstić information content (AvgIpc) is 2.46. The van der Waals surface area contributed by atoms with E-state index < -0.39 is 16.1 Å². The van der Waals surface area contributed by atoms with Crippen molar-refractivity contribution < 1.29 is 13.2 Å². The highest BCUT2D eigenvalue weighted by atomic mass is 35.5.